The normalized spacial score (nSPS) is 13.8. The van der Waals surface area contributed by atoms with Crippen molar-refractivity contribution in [2.45, 2.75) is 4.43 Å². The maximum atomic E-state index is 11.8. The molecule has 0 spiro atoms. The first-order chi connectivity index (χ1) is 8.20. The van der Waals surface area contributed by atoms with Crippen LogP contribution in [0.4, 0.5) is 5.69 Å². The van der Waals surface area contributed by atoms with Crippen molar-refractivity contribution in [3.05, 3.63) is 29.0 Å². The second-order valence-corrected chi connectivity index (χ2v) is 4.60. The number of halogens is 1. The molecule has 5 nitrogen and oxygen atoms in total. The van der Waals surface area contributed by atoms with E-state index in [1.54, 1.807) is 12.3 Å². The number of H-pyrrole nitrogens is 1. The van der Waals surface area contributed by atoms with Crippen LogP contribution in [0, 0.1) is 0 Å². The molecular formula is C11H9IN4O. The third-order valence-electron chi connectivity index (χ3n) is 2.78. The Kier molecular flexibility index (Phi) is 2.32. The van der Waals surface area contributed by atoms with Crippen molar-refractivity contribution in [2.75, 3.05) is 5.73 Å². The maximum Gasteiger partial charge on any atom is 0.272 e. The molecule has 0 fully saturated rings. The number of amides is 1. The van der Waals surface area contributed by atoms with Gasteiger partial charge in [0.05, 0.1) is 11.8 Å². The summed E-state index contributed by atoms with van der Waals surface area (Å²) < 4.78 is 0.821. The quantitative estimate of drug-likeness (QED) is 0.420. The number of nitrogen functional groups attached to an aromatic ring is 1. The van der Waals surface area contributed by atoms with Crippen LogP contribution in [0.15, 0.2) is 17.2 Å². The average Bonchev–Trinajstić information content (AvgIpc) is 2.56. The first kappa shape index (κ1) is 10.6. The minimum atomic E-state index is -0.226. The predicted molar refractivity (Wildman–Crippen MR) is 75.5 cm³/mol. The molecule has 2 heterocycles. The number of benzene rings is 1. The van der Waals surface area contributed by atoms with Gasteiger partial charge in [-0.25, -0.2) is 5.43 Å². The Bertz CT molecular complexity index is 659. The molecule has 1 aliphatic heterocycles. The molecule has 1 aromatic heterocycles. The Balaban J connectivity index is 2.49. The van der Waals surface area contributed by atoms with Gasteiger partial charge in [0, 0.05) is 32.3 Å². The van der Waals surface area contributed by atoms with Crippen LogP contribution in [0.2, 0.25) is 0 Å². The van der Waals surface area contributed by atoms with E-state index >= 15 is 0 Å². The van der Waals surface area contributed by atoms with E-state index in [0.29, 0.717) is 11.3 Å². The van der Waals surface area contributed by atoms with E-state index in [1.807, 2.05) is 6.07 Å². The van der Waals surface area contributed by atoms with Crippen LogP contribution < -0.4 is 11.2 Å². The number of hydrazone groups is 1. The van der Waals surface area contributed by atoms with Crippen LogP contribution in [0.25, 0.3) is 10.9 Å². The molecule has 86 valence electrons. The Morgan fingerprint density at radius 3 is 3.00 bits per heavy atom. The summed E-state index contributed by atoms with van der Waals surface area (Å²) in [6.45, 7) is 0. The lowest BCUT2D eigenvalue weighted by atomic mass is 10.0. The summed E-state index contributed by atoms with van der Waals surface area (Å²) in [4.78, 5) is 15.1. The number of aromatic amines is 1. The highest BCUT2D eigenvalue weighted by molar-refractivity contribution is 14.1. The molecule has 6 heteroatoms. The van der Waals surface area contributed by atoms with Gasteiger partial charge in [0.15, 0.2) is 0 Å². The van der Waals surface area contributed by atoms with Crippen LogP contribution >= 0.6 is 22.6 Å². The summed E-state index contributed by atoms with van der Waals surface area (Å²) in [5.41, 5.74) is 12.3. The Labute approximate surface area is 111 Å². The van der Waals surface area contributed by atoms with Gasteiger partial charge in [-0.2, -0.15) is 5.10 Å². The number of carbonyl (C=O) groups is 1. The summed E-state index contributed by atoms with van der Waals surface area (Å²) in [7, 11) is 0. The number of carbonyl (C=O) groups excluding carboxylic acids is 1. The van der Waals surface area contributed by atoms with E-state index in [0.717, 1.165) is 26.6 Å². The van der Waals surface area contributed by atoms with Gasteiger partial charge in [-0.15, -0.1) is 0 Å². The summed E-state index contributed by atoms with van der Waals surface area (Å²) >= 11 is 2.27. The molecule has 4 N–H and O–H groups in total. The second kappa shape index (κ2) is 3.73. The summed E-state index contributed by atoms with van der Waals surface area (Å²) in [5, 5.41) is 4.81. The number of hydrogen-bond acceptors (Lipinski definition) is 3. The highest BCUT2D eigenvalue weighted by Crippen LogP contribution is 2.29. The zero-order valence-corrected chi connectivity index (χ0v) is 10.9. The average molecular weight is 340 g/mol. The number of hydrogen-bond donors (Lipinski definition) is 3. The minimum Gasteiger partial charge on any atom is -0.399 e. The zero-order chi connectivity index (χ0) is 12.0. The third-order valence-corrected chi connectivity index (χ3v) is 3.54. The lowest BCUT2D eigenvalue weighted by molar-refractivity contribution is 0.0957. The fraction of sp³-hybridized carbons (Fsp3) is 0.0909. The predicted octanol–water partition coefficient (Wildman–Crippen LogP) is 1.76. The molecule has 0 saturated heterocycles. The fourth-order valence-corrected chi connectivity index (χ4v) is 2.68. The fourth-order valence-electron chi connectivity index (χ4n) is 2.08. The number of anilines is 1. The van der Waals surface area contributed by atoms with Crippen molar-refractivity contribution in [2.24, 2.45) is 5.10 Å². The van der Waals surface area contributed by atoms with E-state index in [-0.39, 0.29) is 5.91 Å². The first-order valence-corrected chi connectivity index (χ1v) is 6.56. The number of aromatic nitrogens is 1. The molecule has 0 aliphatic carbocycles. The van der Waals surface area contributed by atoms with Crippen LogP contribution in [-0.4, -0.2) is 17.1 Å². The standard InChI is InChI=1S/C11H9IN4O/c12-3-9-7-4-14-16-11(17)6-1-5(13)2-8(15-9)10(6)7/h1-2,4,15H,3,13H2,(H,16,17). The monoisotopic (exact) mass is 340 g/mol. The van der Waals surface area contributed by atoms with Crippen LogP contribution in [0.1, 0.15) is 21.6 Å². The molecule has 3 rings (SSSR count). The molecule has 1 aliphatic rings. The van der Waals surface area contributed by atoms with E-state index < -0.39 is 0 Å². The third kappa shape index (κ3) is 1.51. The van der Waals surface area contributed by atoms with Crippen molar-refractivity contribution in [3.63, 3.8) is 0 Å². The second-order valence-electron chi connectivity index (χ2n) is 3.84. The summed E-state index contributed by atoms with van der Waals surface area (Å²) in [6, 6.07) is 3.52. The number of nitrogens with two attached hydrogens (primary N) is 1. The maximum absolute atomic E-state index is 11.8. The SMILES string of the molecule is Nc1cc2c3c(c(CI)[nH]c3c1)C=NNC2=O. The summed E-state index contributed by atoms with van der Waals surface area (Å²) in [5.74, 6) is -0.226. The lowest BCUT2D eigenvalue weighted by Gasteiger charge is -2.02. The van der Waals surface area contributed by atoms with Gasteiger partial charge < -0.3 is 10.7 Å². The first-order valence-electron chi connectivity index (χ1n) is 5.04. The highest BCUT2D eigenvalue weighted by atomic mass is 127. The number of nitrogens with zero attached hydrogens (tertiary/aromatic N) is 1. The zero-order valence-electron chi connectivity index (χ0n) is 8.75. The molecule has 0 unspecified atom stereocenters. The van der Waals surface area contributed by atoms with E-state index in [2.05, 4.69) is 38.1 Å². The summed E-state index contributed by atoms with van der Waals surface area (Å²) in [6.07, 6.45) is 1.68. The van der Waals surface area contributed by atoms with Crippen molar-refractivity contribution in [1.29, 1.82) is 0 Å². The topological polar surface area (TPSA) is 83.3 Å². The van der Waals surface area contributed by atoms with Crippen molar-refractivity contribution in [3.8, 4) is 0 Å². The largest absolute Gasteiger partial charge is 0.399 e. The van der Waals surface area contributed by atoms with Gasteiger partial charge in [0.2, 0.25) is 0 Å². The Hall–Kier alpha value is -1.57. The van der Waals surface area contributed by atoms with Gasteiger partial charge in [-0.1, -0.05) is 22.6 Å². The van der Waals surface area contributed by atoms with E-state index in [9.17, 15) is 4.79 Å². The van der Waals surface area contributed by atoms with Gasteiger partial charge in [0.1, 0.15) is 0 Å². The van der Waals surface area contributed by atoms with E-state index in [1.165, 1.54) is 0 Å². The highest BCUT2D eigenvalue weighted by Gasteiger charge is 2.20. The van der Waals surface area contributed by atoms with Gasteiger partial charge in [0.25, 0.3) is 5.91 Å². The molecular weight excluding hydrogens is 331 g/mol. The van der Waals surface area contributed by atoms with Gasteiger partial charge in [-0.05, 0) is 12.1 Å². The van der Waals surface area contributed by atoms with Gasteiger partial charge in [-0.3, -0.25) is 4.79 Å². The molecule has 0 atom stereocenters. The Morgan fingerprint density at radius 2 is 2.24 bits per heavy atom. The number of rotatable bonds is 1. The Morgan fingerprint density at radius 1 is 1.41 bits per heavy atom. The molecule has 1 amide bonds. The van der Waals surface area contributed by atoms with Crippen LogP contribution in [0.3, 0.4) is 0 Å². The smallest absolute Gasteiger partial charge is 0.272 e. The van der Waals surface area contributed by atoms with Crippen molar-refractivity contribution in [1.82, 2.24) is 10.4 Å². The molecule has 2 aromatic rings. The molecule has 1 aromatic carbocycles. The van der Waals surface area contributed by atoms with Crippen molar-refractivity contribution >= 4 is 51.3 Å². The lowest BCUT2D eigenvalue weighted by Crippen LogP contribution is -2.16. The molecule has 0 radical (unpaired) electrons. The number of nitrogens with one attached hydrogen (secondary N) is 2. The van der Waals surface area contributed by atoms with E-state index in [4.69, 9.17) is 5.73 Å². The van der Waals surface area contributed by atoms with Crippen LogP contribution in [-0.2, 0) is 4.43 Å². The molecule has 0 saturated carbocycles. The van der Waals surface area contributed by atoms with Crippen molar-refractivity contribution < 1.29 is 4.79 Å². The van der Waals surface area contributed by atoms with Crippen LogP contribution in [0.5, 0.6) is 0 Å². The number of alkyl halides is 1. The minimum absolute atomic E-state index is 0.226. The van der Waals surface area contributed by atoms with Gasteiger partial charge >= 0.3 is 0 Å². The molecule has 0 bridgehead atoms. The molecule has 17 heavy (non-hydrogen) atoms.